The predicted molar refractivity (Wildman–Crippen MR) is 117 cm³/mol. The van der Waals surface area contributed by atoms with Crippen molar-refractivity contribution in [2.24, 2.45) is 0 Å². The highest BCUT2D eigenvalue weighted by atomic mass is 19.4. The van der Waals surface area contributed by atoms with Gasteiger partial charge in [-0.25, -0.2) is 4.79 Å². The van der Waals surface area contributed by atoms with Crippen LogP contribution >= 0.6 is 0 Å². The third-order valence-electron chi connectivity index (χ3n) is 6.52. The van der Waals surface area contributed by atoms with Crippen LogP contribution in [0, 0.1) is 0 Å². The number of piperazine rings is 1. The summed E-state index contributed by atoms with van der Waals surface area (Å²) in [5, 5.41) is 3.11. The summed E-state index contributed by atoms with van der Waals surface area (Å²) in [5.41, 5.74) is 0.940. The fraction of sp³-hybridized carbons (Fsp3) is 0.458. The molecule has 0 atom stereocenters. The molecule has 2 aliphatic rings. The molecule has 0 radical (unpaired) electrons. The van der Waals surface area contributed by atoms with Crippen molar-refractivity contribution < 1.29 is 22.7 Å². The molecule has 1 N–H and O–H groups in total. The van der Waals surface area contributed by atoms with E-state index < -0.39 is 11.7 Å². The standard InChI is InChI=1S/C24H28F3N3O2/c25-24(26,27)20-7-4-8-21(17-20)29-11-13-30(14-12-29)22(31)28-18-23(9-15-32-16-10-23)19-5-2-1-3-6-19/h1-8,17H,9-16,18H2,(H,28,31). The zero-order valence-electron chi connectivity index (χ0n) is 17.9. The monoisotopic (exact) mass is 447 g/mol. The van der Waals surface area contributed by atoms with Crippen molar-refractivity contribution >= 4 is 11.7 Å². The van der Waals surface area contributed by atoms with E-state index in [1.54, 1.807) is 11.0 Å². The van der Waals surface area contributed by atoms with Gasteiger partial charge < -0.3 is 19.9 Å². The van der Waals surface area contributed by atoms with Gasteiger partial charge in [0.1, 0.15) is 0 Å². The molecule has 2 aliphatic heterocycles. The van der Waals surface area contributed by atoms with Crippen LogP contribution < -0.4 is 10.2 Å². The van der Waals surface area contributed by atoms with Crippen LogP contribution in [0.15, 0.2) is 54.6 Å². The minimum atomic E-state index is -4.36. The number of carbonyl (C=O) groups is 1. The minimum absolute atomic E-state index is 0.129. The average molecular weight is 448 g/mol. The number of anilines is 1. The second kappa shape index (κ2) is 9.40. The lowest BCUT2D eigenvalue weighted by molar-refractivity contribution is -0.137. The van der Waals surface area contributed by atoms with E-state index in [0.29, 0.717) is 51.6 Å². The van der Waals surface area contributed by atoms with E-state index in [1.807, 2.05) is 23.1 Å². The van der Waals surface area contributed by atoms with Gasteiger partial charge in [0.2, 0.25) is 0 Å². The van der Waals surface area contributed by atoms with Crippen molar-refractivity contribution in [1.29, 1.82) is 0 Å². The molecule has 0 bridgehead atoms. The Hall–Kier alpha value is -2.74. The number of benzene rings is 2. The Bertz CT molecular complexity index is 906. The summed E-state index contributed by atoms with van der Waals surface area (Å²) < 4.78 is 44.6. The van der Waals surface area contributed by atoms with Crippen molar-refractivity contribution in [2.75, 3.05) is 50.8 Å². The molecule has 5 nitrogen and oxygen atoms in total. The summed E-state index contributed by atoms with van der Waals surface area (Å²) in [5.74, 6) is 0. The first-order valence-electron chi connectivity index (χ1n) is 11.0. The number of hydrogen-bond donors (Lipinski definition) is 1. The van der Waals surface area contributed by atoms with Gasteiger partial charge >= 0.3 is 12.2 Å². The first-order chi connectivity index (χ1) is 15.4. The second-order valence-electron chi connectivity index (χ2n) is 8.44. The van der Waals surface area contributed by atoms with E-state index in [0.717, 1.165) is 18.9 Å². The predicted octanol–water partition coefficient (Wildman–Crippen LogP) is 4.29. The number of urea groups is 1. The van der Waals surface area contributed by atoms with Gasteiger partial charge in [0, 0.05) is 57.0 Å². The molecule has 0 saturated carbocycles. The van der Waals surface area contributed by atoms with Crippen molar-refractivity contribution in [3.05, 3.63) is 65.7 Å². The highest BCUT2D eigenvalue weighted by Gasteiger charge is 2.35. The number of halogens is 3. The molecular weight excluding hydrogens is 419 g/mol. The summed E-state index contributed by atoms with van der Waals surface area (Å²) in [6, 6.07) is 15.4. The second-order valence-corrected chi connectivity index (χ2v) is 8.44. The Balaban J connectivity index is 1.35. The first-order valence-corrected chi connectivity index (χ1v) is 11.0. The lowest BCUT2D eigenvalue weighted by Crippen LogP contribution is -2.54. The number of ether oxygens (including phenoxy) is 1. The van der Waals surface area contributed by atoms with E-state index in [4.69, 9.17) is 4.74 Å². The Morgan fingerprint density at radius 3 is 2.31 bits per heavy atom. The van der Waals surface area contributed by atoms with Crippen molar-refractivity contribution in [3.63, 3.8) is 0 Å². The fourth-order valence-corrected chi connectivity index (χ4v) is 4.52. The SMILES string of the molecule is O=C(NCC1(c2ccccc2)CCOCC1)N1CCN(c2cccc(C(F)(F)F)c2)CC1. The Labute approximate surface area is 186 Å². The van der Waals surface area contributed by atoms with E-state index in [-0.39, 0.29) is 11.4 Å². The molecule has 2 aromatic rings. The number of carbonyl (C=O) groups excluding carboxylic acids is 1. The van der Waals surface area contributed by atoms with Crippen LogP contribution in [0.25, 0.3) is 0 Å². The molecule has 8 heteroatoms. The average Bonchev–Trinajstić information content (AvgIpc) is 2.83. The molecule has 2 fully saturated rings. The van der Waals surface area contributed by atoms with Crippen LogP contribution in [0.2, 0.25) is 0 Å². The largest absolute Gasteiger partial charge is 0.416 e. The van der Waals surface area contributed by atoms with Crippen LogP contribution in [0.4, 0.5) is 23.7 Å². The topological polar surface area (TPSA) is 44.8 Å². The first kappa shape index (κ1) is 22.5. The van der Waals surface area contributed by atoms with E-state index >= 15 is 0 Å². The van der Waals surface area contributed by atoms with E-state index in [2.05, 4.69) is 17.4 Å². The van der Waals surface area contributed by atoms with Gasteiger partial charge in [-0.15, -0.1) is 0 Å². The van der Waals surface area contributed by atoms with Crippen molar-refractivity contribution in [2.45, 2.75) is 24.4 Å². The molecule has 0 aliphatic carbocycles. The van der Waals surface area contributed by atoms with Crippen molar-refractivity contribution in [3.8, 4) is 0 Å². The molecule has 0 aromatic heterocycles. The fourth-order valence-electron chi connectivity index (χ4n) is 4.52. The summed E-state index contributed by atoms with van der Waals surface area (Å²) in [7, 11) is 0. The van der Waals surface area contributed by atoms with E-state index in [1.165, 1.54) is 17.7 Å². The quantitative estimate of drug-likeness (QED) is 0.761. The Kier molecular flexibility index (Phi) is 6.60. The Morgan fingerprint density at radius 1 is 0.969 bits per heavy atom. The molecule has 2 heterocycles. The molecule has 32 heavy (non-hydrogen) atoms. The normalized spacial score (nSPS) is 19.0. The number of rotatable bonds is 4. The van der Waals surface area contributed by atoms with Gasteiger partial charge in [0.25, 0.3) is 0 Å². The third kappa shape index (κ3) is 5.01. The van der Waals surface area contributed by atoms with Crippen LogP contribution in [-0.2, 0) is 16.3 Å². The maximum absolute atomic E-state index is 13.0. The van der Waals surface area contributed by atoms with Gasteiger partial charge in [-0.1, -0.05) is 36.4 Å². The molecule has 2 saturated heterocycles. The van der Waals surface area contributed by atoms with Gasteiger partial charge in [0.15, 0.2) is 0 Å². The highest BCUT2D eigenvalue weighted by molar-refractivity contribution is 5.74. The number of hydrogen-bond acceptors (Lipinski definition) is 3. The summed E-state index contributed by atoms with van der Waals surface area (Å²) in [4.78, 5) is 16.5. The summed E-state index contributed by atoms with van der Waals surface area (Å²) >= 11 is 0. The van der Waals surface area contributed by atoms with Crippen LogP contribution in [0.1, 0.15) is 24.0 Å². The molecular formula is C24H28F3N3O2. The zero-order valence-corrected chi connectivity index (χ0v) is 17.9. The van der Waals surface area contributed by atoms with Crippen LogP contribution in [0.5, 0.6) is 0 Å². The molecule has 2 amide bonds. The molecule has 0 spiro atoms. The maximum Gasteiger partial charge on any atom is 0.416 e. The van der Waals surface area contributed by atoms with Crippen molar-refractivity contribution in [1.82, 2.24) is 10.2 Å². The number of alkyl halides is 3. The lowest BCUT2D eigenvalue weighted by atomic mass is 9.74. The minimum Gasteiger partial charge on any atom is -0.381 e. The molecule has 0 unspecified atom stereocenters. The maximum atomic E-state index is 13.0. The lowest BCUT2D eigenvalue weighted by Gasteiger charge is -2.40. The summed E-state index contributed by atoms with van der Waals surface area (Å²) in [6.07, 6.45) is -2.67. The van der Waals surface area contributed by atoms with Gasteiger partial charge in [-0.2, -0.15) is 13.2 Å². The molecule has 172 valence electrons. The van der Waals surface area contributed by atoms with Crippen LogP contribution in [-0.4, -0.2) is 56.9 Å². The van der Waals surface area contributed by atoms with Crippen LogP contribution in [0.3, 0.4) is 0 Å². The number of nitrogens with one attached hydrogen (secondary N) is 1. The van der Waals surface area contributed by atoms with Gasteiger partial charge in [-0.05, 0) is 36.6 Å². The van der Waals surface area contributed by atoms with Gasteiger partial charge in [-0.3, -0.25) is 0 Å². The highest BCUT2D eigenvalue weighted by Crippen LogP contribution is 2.34. The smallest absolute Gasteiger partial charge is 0.381 e. The number of nitrogens with zero attached hydrogens (tertiary/aromatic N) is 2. The third-order valence-corrected chi connectivity index (χ3v) is 6.52. The molecule has 4 rings (SSSR count). The molecule has 2 aromatic carbocycles. The van der Waals surface area contributed by atoms with E-state index in [9.17, 15) is 18.0 Å². The summed E-state index contributed by atoms with van der Waals surface area (Å²) in [6.45, 7) is 3.78. The Morgan fingerprint density at radius 2 is 1.66 bits per heavy atom. The zero-order chi connectivity index (χ0) is 22.6. The van der Waals surface area contributed by atoms with Gasteiger partial charge in [0.05, 0.1) is 5.56 Å². The number of amides is 2.